The highest BCUT2D eigenvalue weighted by molar-refractivity contribution is 6.30. The lowest BCUT2D eigenvalue weighted by molar-refractivity contribution is 0.959. The molecule has 0 atom stereocenters. The summed E-state index contributed by atoms with van der Waals surface area (Å²) >= 11 is 5.99. The molecule has 0 radical (unpaired) electrons. The summed E-state index contributed by atoms with van der Waals surface area (Å²) in [4.78, 5) is 0. The Morgan fingerprint density at radius 3 is 2.94 bits per heavy atom. The molecule has 0 unspecified atom stereocenters. The van der Waals surface area contributed by atoms with Crippen LogP contribution >= 0.6 is 11.6 Å². The first-order valence-electron chi connectivity index (χ1n) is 5.77. The van der Waals surface area contributed by atoms with Crippen LogP contribution in [0.15, 0.2) is 24.3 Å². The van der Waals surface area contributed by atoms with E-state index in [1.54, 1.807) is 0 Å². The molecular formula is C13H16ClN3. The maximum absolute atomic E-state index is 5.99. The van der Waals surface area contributed by atoms with Crippen LogP contribution in [-0.2, 0) is 0 Å². The van der Waals surface area contributed by atoms with Gasteiger partial charge in [-0.15, -0.1) is 0 Å². The van der Waals surface area contributed by atoms with Gasteiger partial charge in [-0.25, -0.2) is 0 Å². The molecule has 2 rings (SSSR count). The van der Waals surface area contributed by atoms with Gasteiger partial charge in [0, 0.05) is 22.7 Å². The summed E-state index contributed by atoms with van der Waals surface area (Å²) < 4.78 is 0. The quantitative estimate of drug-likeness (QED) is 0.864. The van der Waals surface area contributed by atoms with E-state index < -0.39 is 0 Å². The third kappa shape index (κ3) is 2.61. The summed E-state index contributed by atoms with van der Waals surface area (Å²) in [6.45, 7) is 5.12. The van der Waals surface area contributed by atoms with E-state index >= 15 is 0 Å². The van der Waals surface area contributed by atoms with Gasteiger partial charge in [0.15, 0.2) is 5.82 Å². The van der Waals surface area contributed by atoms with Crippen molar-refractivity contribution in [3.63, 3.8) is 0 Å². The second kappa shape index (κ2) is 5.23. The zero-order chi connectivity index (χ0) is 12.3. The number of halogens is 1. The molecule has 3 nitrogen and oxygen atoms in total. The molecule has 0 spiro atoms. The number of hydrogen-bond donors (Lipinski definition) is 2. The molecule has 0 aliphatic rings. The van der Waals surface area contributed by atoms with Gasteiger partial charge in [0.25, 0.3) is 0 Å². The molecule has 1 heterocycles. The molecule has 0 bridgehead atoms. The fourth-order valence-electron chi connectivity index (χ4n) is 1.74. The highest BCUT2D eigenvalue weighted by Crippen LogP contribution is 2.27. The highest BCUT2D eigenvalue weighted by atomic mass is 35.5. The smallest absolute Gasteiger partial charge is 0.151 e. The van der Waals surface area contributed by atoms with Crippen molar-refractivity contribution in [2.24, 2.45) is 0 Å². The minimum Gasteiger partial charge on any atom is -0.368 e. The zero-order valence-electron chi connectivity index (χ0n) is 10.0. The summed E-state index contributed by atoms with van der Waals surface area (Å²) in [6.07, 6.45) is 1.08. The van der Waals surface area contributed by atoms with Crippen LogP contribution in [0.1, 0.15) is 18.9 Å². The van der Waals surface area contributed by atoms with E-state index in [2.05, 4.69) is 29.4 Å². The van der Waals surface area contributed by atoms with Gasteiger partial charge < -0.3 is 5.32 Å². The molecule has 0 fully saturated rings. The van der Waals surface area contributed by atoms with Gasteiger partial charge >= 0.3 is 0 Å². The van der Waals surface area contributed by atoms with Crippen molar-refractivity contribution >= 4 is 17.4 Å². The number of aromatic amines is 1. The average molecular weight is 250 g/mol. The van der Waals surface area contributed by atoms with E-state index in [0.29, 0.717) is 0 Å². The molecule has 0 aliphatic heterocycles. The van der Waals surface area contributed by atoms with E-state index in [4.69, 9.17) is 11.6 Å². The number of hydrogen-bond acceptors (Lipinski definition) is 2. The van der Waals surface area contributed by atoms with Crippen LogP contribution in [0.3, 0.4) is 0 Å². The lowest BCUT2D eigenvalue weighted by Gasteiger charge is -2.03. The van der Waals surface area contributed by atoms with Crippen molar-refractivity contribution in [3.05, 3.63) is 34.9 Å². The van der Waals surface area contributed by atoms with Gasteiger partial charge in [-0.3, -0.25) is 5.10 Å². The van der Waals surface area contributed by atoms with Crippen molar-refractivity contribution in [1.82, 2.24) is 10.2 Å². The average Bonchev–Trinajstić information content (AvgIpc) is 2.68. The Labute approximate surface area is 106 Å². The van der Waals surface area contributed by atoms with Gasteiger partial charge in [0.2, 0.25) is 0 Å². The van der Waals surface area contributed by atoms with E-state index in [9.17, 15) is 0 Å². The molecule has 0 saturated carbocycles. The Morgan fingerprint density at radius 1 is 1.41 bits per heavy atom. The fraction of sp³-hybridized carbons (Fsp3) is 0.308. The fourth-order valence-corrected chi connectivity index (χ4v) is 1.93. The topological polar surface area (TPSA) is 40.7 Å². The van der Waals surface area contributed by atoms with Gasteiger partial charge in [-0.05, 0) is 25.5 Å². The maximum atomic E-state index is 5.99. The maximum Gasteiger partial charge on any atom is 0.151 e. The van der Waals surface area contributed by atoms with Crippen LogP contribution in [0.4, 0.5) is 5.82 Å². The molecule has 2 N–H and O–H groups in total. The van der Waals surface area contributed by atoms with Crippen molar-refractivity contribution in [1.29, 1.82) is 0 Å². The standard InChI is InChI=1S/C13H16ClN3/c1-3-7-15-13-9(2)12(16-17-13)10-5-4-6-11(14)8-10/h4-6,8H,3,7H2,1-2H3,(H2,15,16,17). The van der Waals surface area contributed by atoms with Crippen LogP contribution in [0.5, 0.6) is 0 Å². The third-order valence-corrected chi connectivity index (χ3v) is 2.90. The molecule has 1 aromatic carbocycles. The minimum absolute atomic E-state index is 0.736. The number of aromatic nitrogens is 2. The molecule has 0 aliphatic carbocycles. The first-order chi connectivity index (χ1) is 8.22. The largest absolute Gasteiger partial charge is 0.368 e. The molecule has 0 amide bonds. The summed E-state index contributed by atoms with van der Waals surface area (Å²) in [5.41, 5.74) is 3.21. The summed E-state index contributed by atoms with van der Waals surface area (Å²) in [7, 11) is 0. The van der Waals surface area contributed by atoms with Crippen LogP contribution in [-0.4, -0.2) is 16.7 Å². The second-order valence-corrected chi connectivity index (χ2v) is 4.45. The second-order valence-electron chi connectivity index (χ2n) is 4.01. The van der Waals surface area contributed by atoms with Crippen molar-refractivity contribution in [2.75, 3.05) is 11.9 Å². The van der Waals surface area contributed by atoms with Crippen LogP contribution in [0.25, 0.3) is 11.3 Å². The number of nitrogens with zero attached hydrogens (tertiary/aromatic N) is 1. The monoisotopic (exact) mass is 249 g/mol. The van der Waals surface area contributed by atoms with Gasteiger partial charge in [-0.1, -0.05) is 30.7 Å². The molecule has 1 aromatic heterocycles. The lowest BCUT2D eigenvalue weighted by atomic mass is 10.1. The van der Waals surface area contributed by atoms with Gasteiger partial charge in [0.05, 0.1) is 5.69 Å². The Kier molecular flexibility index (Phi) is 3.69. The molecule has 4 heteroatoms. The minimum atomic E-state index is 0.736. The molecule has 0 saturated heterocycles. The molecule has 90 valence electrons. The Morgan fingerprint density at radius 2 is 2.24 bits per heavy atom. The predicted octanol–water partition coefficient (Wildman–Crippen LogP) is 3.86. The number of anilines is 1. The lowest BCUT2D eigenvalue weighted by Crippen LogP contribution is -2.00. The van der Waals surface area contributed by atoms with Gasteiger partial charge in [-0.2, -0.15) is 5.10 Å². The van der Waals surface area contributed by atoms with Gasteiger partial charge in [0.1, 0.15) is 0 Å². The molecule has 17 heavy (non-hydrogen) atoms. The summed E-state index contributed by atoms with van der Waals surface area (Å²) in [5.74, 6) is 0.918. The number of benzene rings is 1. The first kappa shape index (κ1) is 12.0. The molecule has 2 aromatic rings. The summed E-state index contributed by atoms with van der Waals surface area (Å²) in [6, 6.07) is 7.77. The van der Waals surface area contributed by atoms with E-state index in [1.807, 2.05) is 24.3 Å². The van der Waals surface area contributed by atoms with Crippen molar-refractivity contribution in [2.45, 2.75) is 20.3 Å². The Bertz CT molecular complexity index is 505. The normalized spacial score (nSPS) is 10.5. The molecular weight excluding hydrogens is 234 g/mol. The van der Waals surface area contributed by atoms with Crippen molar-refractivity contribution in [3.8, 4) is 11.3 Å². The van der Waals surface area contributed by atoms with Crippen LogP contribution in [0.2, 0.25) is 5.02 Å². The van der Waals surface area contributed by atoms with E-state index in [0.717, 1.165) is 40.6 Å². The Hall–Kier alpha value is -1.48. The Balaban J connectivity index is 2.30. The predicted molar refractivity (Wildman–Crippen MR) is 72.6 cm³/mol. The van der Waals surface area contributed by atoms with E-state index in [1.165, 1.54) is 0 Å². The highest BCUT2D eigenvalue weighted by Gasteiger charge is 2.10. The summed E-state index contributed by atoms with van der Waals surface area (Å²) in [5, 5.41) is 11.4. The number of rotatable bonds is 4. The van der Waals surface area contributed by atoms with E-state index in [-0.39, 0.29) is 0 Å². The van der Waals surface area contributed by atoms with Crippen LogP contribution < -0.4 is 5.32 Å². The SMILES string of the molecule is CCCNc1n[nH]c(-c2cccc(Cl)c2)c1C. The zero-order valence-corrected chi connectivity index (χ0v) is 10.8. The first-order valence-corrected chi connectivity index (χ1v) is 6.15. The number of H-pyrrole nitrogens is 1. The van der Waals surface area contributed by atoms with Crippen LogP contribution in [0, 0.1) is 6.92 Å². The third-order valence-electron chi connectivity index (χ3n) is 2.67. The van der Waals surface area contributed by atoms with Crippen molar-refractivity contribution < 1.29 is 0 Å². The number of nitrogens with one attached hydrogen (secondary N) is 2.